The summed E-state index contributed by atoms with van der Waals surface area (Å²) < 4.78 is 7.58. The third-order valence-corrected chi connectivity index (χ3v) is 7.02. The van der Waals surface area contributed by atoms with Crippen LogP contribution in [0.15, 0.2) is 42.7 Å². The summed E-state index contributed by atoms with van der Waals surface area (Å²) in [5, 5.41) is 7.41. The van der Waals surface area contributed by atoms with Crippen molar-refractivity contribution < 1.29 is 9.53 Å². The van der Waals surface area contributed by atoms with Gasteiger partial charge in [0.15, 0.2) is 0 Å². The summed E-state index contributed by atoms with van der Waals surface area (Å²) in [4.78, 5) is 16.7. The fraction of sp³-hybridized carbons (Fsp3) is 0.375. The number of likely N-dealkylation sites (N-methyl/N-ethyl adjacent to an activating group) is 1. The smallest absolute Gasteiger partial charge is 0.319 e. The molecule has 0 saturated carbocycles. The largest absolute Gasteiger partial charge is 0.495 e. The van der Waals surface area contributed by atoms with Crippen LogP contribution < -0.4 is 15.4 Å². The Balaban J connectivity index is 1.63. The highest BCUT2D eigenvalue weighted by Crippen LogP contribution is 2.40. The van der Waals surface area contributed by atoms with Crippen LogP contribution in [0, 0.1) is 6.92 Å². The van der Waals surface area contributed by atoms with Crippen LogP contribution in [-0.2, 0) is 13.0 Å². The summed E-state index contributed by atoms with van der Waals surface area (Å²) in [5.74, 6) is 0.651. The maximum absolute atomic E-state index is 13.0. The Morgan fingerprint density at radius 2 is 2.06 bits per heavy atom. The van der Waals surface area contributed by atoms with Crippen LogP contribution in [0.2, 0.25) is 0 Å². The second kappa shape index (κ2) is 9.16. The van der Waals surface area contributed by atoms with Crippen LogP contribution >= 0.6 is 11.3 Å². The van der Waals surface area contributed by atoms with E-state index >= 15 is 0 Å². The Morgan fingerprint density at radius 3 is 2.77 bits per heavy atom. The minimum absolute atomic E-state index is 0.0726. The van der Waals surface area contributed by atoms with Gasteiger partial charge in [-0.15, -0.1) is 11.3 Å². The molecular weight excluding hydrogens is 408 g/mol. The zero-order valence-corrected chi connectivity index (χ0v) is 19.4. The molecule has 6 nitrogen and oxygen atoms in total. The van der Waals surface area contributed by atoms with E-state index in [2.05, 4.69) is 46.5 Å². The van der Waals surface area contributed by atoms with Gasteiger partial charge >= 0.3 is 6.03 Å². The molecule has 0 radical (unpaired) electrons. The zero-order valence-electron chi connectivity index (χ0n) is 18.6. The van der Waals surface area contributed by atoms with Crippen molar-refractivity contribution in [2.24, 2.45) is 0 Å². The Bertz CT molecular complexity index is 1060. The van der Waals surface area contributed by atoms with Crippen LogP contribution in [0.25, 0.3) is 5.00 Å². The molecule has 31 heavy (non-hydrogen) atoms. The molecule has 2 N–H and O–H groups in total. The molecule has 0 aliphatic carbocycles. The fourth-order valence-electron chi connectivity index (χ4n) is 4.18. The molecule has 0 bridgehead atoms. The maximum atomic E-state index is 13.0. The second-order valence-corrected chi connectivity index (χ2v) is 9.15. The highest BCUT2D eigenvalue weighted by Gasteiger charge is 2.28. The molecule has 4 rings (SSSR count). The van der Waals surface area contributed by atoms with E-state index in [1.165, 1.54) is 21.0 Å². The summed E-state index contributed by atoms with van der Waals surface area (Å²) in [7, 11) is 3.77. The van der Waals surface area contributed by atoms with E-state index in [0.29, 0.717) is 11.4 Å². The number of amides is 2. The average molecular weight is 439 g/mol. The second-order valence-electron chi connectivity index (χ2n) is 8.06. The Morgan fingerprint density at radius 1 is 1.29 bits per heavy atom. The van der Waals surface area contributed by atoms with Gasteiger partial charge in [-0.2, -0.15) is 0 Å². The quantitative estimate of drug-likeness (QED) is 0.562. The van der Waals surface area contributed by atoms with Crippen molar-refractivity contribution in [3.8, 4) is 10.8 Å². The first-order valence-corrected chi connectivity index (χ1v) is 11.5. The molecule has 2 amide bonds. The fourth-order valence-corrected chi connectivity index (χ4v) is 5.63. The van der Waals surface area contributed by atoms with Gasteiger partial charge in [0.25, 0.3) is 0 Å². The Hall–Kier alpha value is -2.77. The summed E-state index contributed by atoms with van der Waals surface area (Å²) in [5.41, 5.74) is 4.38. The van der Waals surface area contributed by atoms with Crippen LogP contribution in [0.4, 0.5) is 10.5 Å². The number of aromatic nitrogens is 1. The molecule has 3 aromatic rings. The van der Waals surface area contributed by atoms with Gasteiger partial charge in [0.05, 0.1) is 18.8 Å². The van der Waals surface area contributed by atoms with E-state index in [4.69, 9.17) is 4.74 Å². The van der Waals surface area contributed by atoms with Gasteiger partial charge in [-0.05, 0) is 62.2 Å². The lowest BCUT2D eigenvalue weighted by atomic mass is 9.96. The van der Waals surface area contributed by atoms with Crippen molar-refractivity contribution in [3.63, 3.8) is 0 Å². The maximum Gasteiger partial charge on any atom is 0.319 e. The van der Waals surface area contributed by atoms with Gasteiger partial charge in [-0.25, -0.2) is 4.79 Å². The summed E-state index contributed by atoms with van der Waals surface area (Å²) in [6, 6.07) is 9.55. The van der Waals surface area contributed by atoms with E-state index in [-0.39, 0.29) is 12.1 Å². The number of hydrogen-bond acceptors (Lipinski definition) is 4. The van der Waals surface area contributed by atoms with Crippen molar-refractivity contribution in [1.29, 1.82) is 0 Å². The number of aryl methyl sites for hydroxylation is 1. The highest BCUT2D eigenvalue weighted by atomic mass is 32.1. The summed E-state index contributed by atoms with van der Waals surface area (Å²) in [6.45, 7) is 6.11. The van der Waals surface area contributed by atoms with E-state index in [0.717, 1.165) is 31.5 Å². The number of hydrogen-bond donors (Lipinski definition) is 2. The van der Waals surface area contributed by atoms with Crippen molar-refractivity contribution in [2.75, 3.05) is 26.0 Å². The van der Waals surface area contributed by atoms with E-state index in [1.54, 1.807) is 7.11 Å². The minimum atomic E-state index is -0.220. The number of carbonyl (C=O) groups excluding carboxylic acids is 1. The Labute approximate surface area is 187 Å². The first-order valence-electron chi connectivity index (χ1n) is 10.7. The van der Waals surface area contributed by atoms with Crippen LogP contribution in [0.3, 0.4) is 0 Å². The monoisotopic (exact) mass is 438 g/mol. The first kappa shape index (κ1) is 21.5. The number of nitrogens with one attached hydrogen (secondary N) is 2. The van der Waals surface area contributed by atoms with Crippen molar-refractivity contribution in [1.82, 2.24) is 14.8 Å². The van der Waals surface area contributed by atoms with Crippen molar-refractivity contribution in [3.05, 3.63) is 64.3 Å². The SMILES string of the molecule is CCC(NC(=O)Nc1cc(C)ccc1OC)c1c(-n2cccc2)sc2c1CCN(C)C2. The number of nitrogens with zero attached hydrogens (tertiary/aromatic N) is 2. The number of ether oxygens (including phenoxy) is 1. The highest BCUT2D eigenvalue weighted by molar-refractivity contribution is 7.15. The average Bonchev–Trinajstić information content (AvgIpc) is 3.39. The summed E-state index contributed by atoms with van der Waals surface area (Å²) in [6.07, 6.45) is 5.97. The lowest BCUT2D eigenvalue weighted by Crippen LogP contribution is -2.34. The number of urea groups is 1. The molecule has 0 fully saturated rings. The van der Waals surface area contributed by atoms with Gasteiger partial charge in [-0.1, -0.05) is 13.0 Å². The van der Waals surface area contributed by atoms with E-state index in [1.807, 2.05) is 48.6 Å². The van der Waals surface area contributed by atoms with E-state index in [9.17, 15) is 4.79 Å². The number of carbonyl (C=O) groups is 1. The predicted octanol–water partition coefficient (Wildman–Crippen LogP) is 5.12. The molecule has 3 heterocycles. The molecular formula is C24H30N4O2S. The van der Waals surface area contributed by atoms with Gasteiger partial charge in [-0.3, -0.25) is 0 Å². The Kier molecular flexibility index (Phi) is 6.34. The zero-order chi connectivity index (χ0) is 22.0. The number of fused-ring (bicyclic) bond motifs is 1. The molecule has 1 aliphatic rings. The molecule has 0 saturated heterocycles. The molecule has 1 aromatic carbocycles. The lowest BCUT2D eigenvalue weighted by Gasteiger charge is -2.25. The van der Waals surface area contributed by atoms with Gasteiger partial charge < -0.3 is 24.8 Å². The van der Waals surface area contributed by atoms with Crippen molar-refractivity contribution in [2.45, 2.75) is 39.3 Å². The lowest BCUT2D eigenvalue weighted by molar-refractivity contribution is 0.248. The number of methoxy groups -OCH3 is 1. The molecule has 0 spiro atoms. The van der Waals surface area contributed by atoms with Crippen LogP contribution in [0.1, 0.15) is 41.0 Å². The van der Waals surface area contributed by atoms with Gasteiger partial charge in [0.2, 0.25) is 0 Å². The molecule has 7 heteroatoms. The number of rotatable bonds is 6. The third kappa shape index (κ3) is 4.48. The van der Waals surface area contributed by atoms with Crippen molar-refractivity contribution >= 4 is 23.1 Å². The van der Waals surface area contributed by atoms with Crippen LogP contribution in [0.5, 0.6) is 5.75 Å². The molecule has 164 valence electrons. The normalized spacial score (nSPS) is 14.7. The predicted molar refractivity (Wildman–Crippen MR) is 127 cm³/mol. The molecule has 1 aliphatic heterocycles. The molecule has 1 atom stereocenters. The van der Waals surface area contributed by atoms with Gasteiger partial charge in [0.1, 0.15) is 10.8 Å². The number of thiophene rings is 1. The van der Waals surface area contributed by atoms with E-state index < -0.39 is 0 Å². The standard InChI is InChI=1S/C24H30N4O2S/c1-5-18(25-24(29)26-19-14-16(2)8-9-20(19)30-4)22-17-10-13-27(3)15-21(17)31-23(22)28-11-6-7-12-28/h6-9,11-12,14,18H,5,10,13,15H2,1-4H3,(H2,25,26,29). The first-order chi connectivity index (χ1) is 15.0. The molecule has 2 aromatic heterocycles. The van der Waals surface area contributed by atoms with Crippen LogP contribution in [-0.4, -0.2) is 36.2 Å². The minimum Gasteiger partial charge on any atom is -0.495 e. The third-order valence-electron chi connectivity index (χ3n) is 5.77. The summed E-state index contributed by atoms with van der Waals surface area (Å²) >= 11 is 1.84. The van der Waals surface area contributed by atoms with Gasteiger partial charge in [0, 0.05) is 35.9 Å². The number of benzene rings is 1. The number of anilines is 1. The molecule has 1 unspecified atom stereocenters. The topological polar surface area (TPSA) is 58.5 Å².